The molecule has 0 aliphatic heterocycles. The molecule has 0 bridgehead atoms. The molecular formula is C14H23NO3. The fourth-order valence-corrected chi connectivity index (χ4v) is 1.61. The highest BCUT2D eigenvalue weighted by Crippen LogP contribution is 2.24. The molecular weight excluding hydrogens is 230 g/mol. The first kappa shape index (κ1) is 15.0. The summed E-state index contributed by atoms with van der Waals surface area (Å²) < 4.78 is 15.9. The minimum Gasteiger partial charge on any atom is -0.491 e. The van der Waals surface area contributed by atoms with Gasteiger partial charge in [-0.15, -0.1) is 0 Å². The number of ether oxygens (including phenoxy) is 3. The topological polar surface area (TPSA) is 53.7 Å². The molecule has 1 aromatic rings. The van der Waals surface area contributed by atoms with Gasteiger partial charge in [0.25, 0.3) is 0 Å². The van der Waals surface area contributed by atoms with Crippen molar-refractivity contribution in [3.05, 3.63) is 29.3 Å². The van der Waals surface area contributed by atoms with Crippen molar-refractivity contribution in [2.45, 2.75) is 19.9 Å². The minimum absolute atomic E-state index is 0.0330. The van der Waals surface area contributed by atoms with Crippen molar-refractivity contribution < 1.29 is 14.2 Å². The Morgan fingerprint density at radius 1 is 1.17 bits per heavy atom. The van der Waals surface area contributed by atoms with Crippen LogP contribution < -0.4 is 10.5 Å². The number of benzene rings is 1. The van der Waals surface area contributed by atoms with E-state index in [2.05, 4.69) is 6.07 Å². The first-order chi connectivity index (χ1) is 8.65. The second-order valence-corrected chi connectivity index (χ2v) is 4.28. The maximum Gasteiger partial charge on any atom is 0.124 e. The Balaban J connectivity index is 2.42. The Kier molecular flexibility index (Phi) is 6.72. The molecule has 102 valence electrons. The number of hydrogen-bond acceptors (Lipinski definition) is 4. The molecule has 0 saturated carbocycles. The highest BCUT2D eigenvalue weighted by molar-refractivity contribution is 5.38. The predicted octanol–water partition coefficient (Wildman–Crippen LogP) is 2.06. The van der Waals surface area contributed by atoms with Crippen LogP contribution in [0.5, 0.6) is 5.75 Å². The molecule has 0 aliphatic carbocycles. The lowest BCUT2D eigenvalue weighted by Crippen LogP contribution is -2.13. The zero-order chi connectivity index (χ0) is 13.4. The Morgan fingerprint density at radius 3 is 2.56 bits per heavy atom. The summed E-state index contributed by atoms with van der Waals surface area (Å²) >= 11 is 0. The second kappa shape index (κ2) is 8.08. The van der Waals surface area contributed by atoms with Gasteiger partial charge in [-0.1, -0.05) is 17.7 Å². The number of aryl methyl sites for hydroxylation is 1. The molecule has 0 amide bonds. The van der Waals surface area contributed by atoms with Gasteiger partial charge in [0.1, 0.15) is 12.4 Å². The third kappa shape index (κ3) is 5.04. The molecule has 0 aliphatic rings. The lowest BCUT2D eigenvalue weighted by Gasteiger charge is -2.14. The number of methoxy groups -OCH3 is 1. The largest absolute Gasteiger partial charge is 0.491 e. The maximum absolute atomic E-state index is 5.93. The van der Waals surface area contributed by atoms with E-state index >= 15 is 0 Å². The minimum atomic E-state index is -0.0330. The second-order valence-electron chi connectivity index (χ2n) is 4.28. The van der Waals surface area contributed by atoms with Crippen LogP contribution in [0.2, 0.25) is 0 Å². The molecule has 1 atom stereocenters. The molecule has 1 aromatic carbocycles. The first-order valence-corrected chi connectivity index (χ1v) is 6.20. The predicted molar refractivity (Wildman–Crippen MR) is 72.0 cm³/mol. The van der Waals surface area contributed by atoms with E-state index in [0.717, 1.165) is 11.3 Å². The average molecular weight is 253 g/mol. The third-order valence-corrected chi connectivity index (χ3v) is 2.57. The molecule has 1 rings (SSSR count). The van der Waals surface area contributed by atoms with E-state index in [-0.39, 0.29) is 6.04 Å². The van der Waals surface area contributed by atoms with Crippen LogP contribution in [0.3, 0.4) is 0 Å². The Morgan fingerprint density at radius 2 is 1.89 bits per heavy atom. The van der Waals surface area contributed by atoms with E-state index in [1.165, 1.54) is 5.56 Å². The van der Waals surface area contributed by atoms with Crippen molar-refractivity contribution in [2.75, 3.05) is 33.5 Å². The quantitative estimate of drug-likeness (QED) is 0.720. The van der Waals surface area contributed by atoms with Gasteiger partial charge in [0.2, 0.25) is 0 Å². The fraction of sp³-hybridized carbons (Fsp3) is 0.571. The van der Waals surface area contributed by atoms with Gasteiger partial charge in [-0.25, -0.2) is 0 Å². The molecule has 0 unspecified atom stereocenters. The fourth-order valence-electron chi connectivity index (χ4n) is 1.61. The monoisotopic (exact) mass is 253 g/mol. The summed E-state index contributed by atoms with van der Waals surface area (Å²) in [6, 6.07) is 6.01. The van der Waals surface area contributed by atoms with Gasteiger partial charge in [0, 0.05) is 18.7 Å². The average Bonchev–Trinajstić information content (AvgIpc) is 2.35. The van der Waals surface area contributed by atoms with Gasteiger partial charge in [0.05, 0.1) is 19.8 Å². The summed E-state index contributed by atoms with van der Waals surface area (Å²) in [5.74, 6) is 0.839. The summed E-state index contributed by atoms with van der Waals surface area (Å²) in [5, 5.41) is 0. The van der Waals surface area contributed by atoms with Crippen molar-refractivity contribution in [3.63, 3.8) is 0 Å². The molecule has 0 spiro atoms. The molecule has 0 heterocycles. The smallest absolute Gasteiger partial charge is 0.124 e. The van der Waals surface area contributed by atoms with Crippen LogP contribution in [0.25, 0.3) is 0 Å². The van der Waals surface area contributed by atoms with E-state index < -0.39 is 0 Å². The lowest BCUT2D eigenvalue weighted by molar-refractivity contribution is 0.0542. The van der Waals surface area contributed by atoms with Crippen LogP contribution in [-0.2, 0) is 9.47 Å². The number of hydrogen-bond donors (Lipinski definition) is 1. The van der Waals surface area contributed by atoms with Crippen molar-refractivity contribution >= 4 is 0 Å². The molecule has 0 saturated heterocycles. The highest BCUT2D eigenvalue weighted by atomic mass is 16.5. The van der Waals surface area contributed by atoms with Gasteiger partial charge < -0.3 is 19.9 Å². The van der Waals surface area contributed by atoms with Gasteiger partial charge in [-0.05, 0) is 19.9 Å². The normalized spacial score (nSPS) is 12.4. The first-order valence-electron chi connectivity index (χ1n) is 6.20. The van der Waals surface area contributed by atoms with Gasteiger partial charge in [-0.2, -0.15) is 0 Å². The summed E-state index contributed by atoms with van der Waals surface area (Å²) in [6.07, 6.45) is 0. The van der Waals surface area contributed by atoms with Gasteiger partial charge in [-0.3, -0.25) is 0 Å². The molecule has 0 fully saturated rings. The molecule has 4 heteroatoms. The van der Waals surface area contributed by atoms with Crippen molar-refractivity contribution in [1.29, 1.82) is 0 Å². The highest BCUT2D eigenvalue weighted by Gasteiger charge is 2.08. The standard InChI is InChI=1S/C14H23NO3/c1-11-4-5-14(13(10-11)12(2)15)18-9-8-17-7-6-16-3/h4-5,10,12H,6-9,15H2,1-3H3/t12-/m1/s1. The molecule has 0 aromatic heterocycles. The zero-order valence-corrected chi connectivity index (χ0v) is 11.4. The number of rotatable bonds is 8. The molecule has 0 radical (unpaired) electrons. The Labute approximate surface area is 109 Å². The van der Waals surface area contributed by atoms with Crippen LogP contribution in [0.1, 0.15) is 24.1 Å². The van der Waals surface area contributed by atoms with Crippen LogP contribution in [0.4, 0.5) is 0 Å². The molecule has 18 heavy (non-hydrogen) atoms. The van der Waals surface area contributed by atoms with Crippen LogP contribution in [0, 0.1) is 6.92 Å². The van der Waals surface area contributed by atoms with E-state index in [9.17, 15) is 0 Å². The third-order valence-electron chi connectivity index (χ3n) is 2.57. The van der Waals surface area contributed by atoms with Crippen LogP contribution in [-0.4, -0.2) is 33.5 Å². The van der Waals surface area contributed by atoms with Gasteiger partial charge >= 0.3 is 0 Å². The van der Waals surface area contributed by atoms with Crippen molar-refractivity contribution in [1.82, 2.24) is 0 Å². The van der Waals surface area contributed by atoms with Crippen LogP contribution >= 0.6 is 0 Å². The molecule has 2 N–H and O–H groups in total. The van der Waals surface area contributed by atoms with E-state index in [4.69, 9.17) is 19.9 Å². The summed E-state index contributed by atoms with van der Waals surface area (Å²) in [5.41, 5.74) is 8.15. The van der Waals surface area contributed by atoms with Gasteiger partial charge in [0.15, 0.2) is 0 Å². The number of nitrogens with two attached hydrogens (primary N) is 1. The maximum atomic E-state index is 5.93. The summed E-state index contributed by atoms with van der Waals surface area (Å²) in [4.78, 5) is 0. The molecule has 4 nitrogen and oxygen atoms in total. The SMILES string of the molecule is COCCOCCOc1ccc(C)cc1[C@@H](C)N. The van der Waals surface area contributed by atoms with Crippen molar-refractivity contribution in [3.8, 4) is 5.75 Å². The van der Waals surface area contributed by atoms with E-state index in [1.807, 2.05) is 26.0 Å². The Hall–Kier alpha value is -1.10. The van der Waals surface area contributed by atoms with E-state index in [0.29, 0.717) is 26.4 Å². The van der Waals surface area contributed by atoms with Crippen LogP contribution in [0.15, 0.2) is 18.2 Å². The summed E-state index contributed by atoms with van der Waals surface area (Å²) in [7, 11) is 1.65. The van der Waals surface area contributed by atoms with Crippen molar-refractivity contribution in [2.24, 2.45) is 5.73 Å². The lowest BCUT2D eigenvalue weighted by atomic mass is 10.1. The van der Waals surface area contributed by atoms with E-state index in [1.54, 1.807) is 7.11 Å². The summed E-state index contributed by atoms with van der Waals surface area (Å²) in [6.45, 7) is 6.27. The zero-order valence-electron chi connectivity index (χ0n) is 11.4. The Bertz CT molecular complexity index is 353.